The number of aromatic nitrogens is 6. The van der Waals surface area contributed by atoms with Crippen molar-refractivity contribution in [3.63, 3.8) is 0 Å². The van der Waals surface area contributed by atoms with Crippen molar-refractivity contribution in [2.24, 2.45) is 0 Å². The monoisotopic (exact) mass is 1030 g/mol. The normalized spacial score (nSPS) is 13.4. The van der Waals surface area contributed by atoms with Crippen LogP contribution >= 0.6 is 23.2 Å². The van der Waals surface area contributed by atoms with Gasteiger partial charge in [0.25, 0.3) is 0 Å². The number of ether oxygens (including phenoxy) is 4. The average molecular weight is 1030 g/mol. The van der Waals surface area contributed by atoms with Gasteiger partial charge in [0.2, 0.25) is 11.8 Å². The molecule has 14 nitrogen and oxygen atoms in total. The molecule has 20 heteroatoms. The van der Waals surface area contributed by atoms with E-state index in [1.165, 1.54) is 42.8 Å². The van der Waals surface area contributed by atoms with Crippen molar-refractivity contribution in [3.8, 4) is 34.6 Å². The third kappa shape index (κ3) is 11.2. The molecule has 2 saturated carbocycles. The standard InChI is InChI=1S/2C26H22ClF2N3O4/c1-14-18(12-15-2-6-17(7-3-15)32-11-10-20(31-32)16-4-5-16)25(36-26(28)29)30-24-19(27)8-9-21(23(14)24)35-13-22(33)34;1-14-18(12-15-2-6-17(7-3-15)32-20(10-11-30-32)16-4-5-16)25(36-26(28)29)31-24-19(27)8-9-21(23(14)24)35-13-22(33)34/h2*2-3,6-11,16,26H,4-5,12-13H2,1H3,(H,33,34). The van der Waals surface area contributed by atoms with E-state index in [4.69, 9.17) is 52.4 Å². The lowest BCUT2D eigenvalue weighted by Crippen LogP contribution is -2.11. The van der Waals surface area contributed by atoms with E-state index >= 15 is 0 Å². The number of pyridine rings is 2. The molecule has 8 aromatic rings. The van der Waals surface area contributed by atoms with Crippen LogP contribution in [0.5, 0.6) is 23.3 Å². The van der Waals surface area contributed by atoms with E-state index < -0.39 is 38.4 Å². The lowest BCUT2D eigenvalue weighted by atomic mass is 9.97. The number of hydrogen-bond acceptors (Lipinski definition) is 10. The van der Waals surface area contributed by atoms with Crippen LogP contribution in [-0.2, 0) is 22.4 Å². The van der Waals surface area contributed by atoms with Crippen molar-refractivity contribution in [2.45, 2.75) is 77.4 Å². The van der Waals surface area contributed by atoms with Gasteiger partial charge in [-0.05, 0) is 122 Å². The highest BCUT2D eigenvalue weighted by atomic mass is 35.5. The number of carboxylic acids is 2. The number of fused-ring (bicyclic) bond motifs is 2. The quantitative estimate of drug-likeness (QED) is 0.0780. The highest BCUT2D eigenvalue weighted by Crippen LogP contribution is 2.43. The number of alkyl halides is 4. The van der Waals surface area contributed by atoms with E-state index in [9.17, 15) is 27.2 Å². The van der Waals surface area contributed by atoms with Gasteiger partial charge < -0.3 is 29.2 Å². The smallest absolute Gasteiger partial charge is 0.388 e. The number of hydrogen-bond donors (Lipinski definition) is 2. The van der Waals surface area contributed by atoms with Gasteiger partial charge in [-0.3, -0.25) is 0 Å². The topological polar surface area (TPSA) is 173 Å². The molecule has 4 heterocycles. The summed E-state index contributed by atoms with van der Waals surface area (Å²) in [5.41, 5.74) is 8.11. The molecule has 2 fully saturated rings. The van der Waals surface area contributed by atoms with E-state index in [0.29, 0.717) is 44.9 Å². The maximum absolute atomic E-state index is 13.3. The summed E-state index contributed by atoms with van der Waals surface area (Å²) < 4.78 is 77.3. The lowest BCUT2D eigenvalue weighted by molar-refractivity contribution is -0.140. The van der Waals surface area contributed by atoms with Crippen molar-refractivity contribution >= 4 is 56.9 Å². The molecule has 2 N–H and O–H groups in total. The molecule has 0 saturated heterocycles. The molecule has 4 aromatic heterocycles. The molecule has 0 bridgehead atoms. The van der Waals surface area contributed by atoms with Crippen molar-refractivity contribution in [2.75, 3.05) is 13.2 Å². The molecule has 0 unspecified atom stereocenters. The Morgan fingerprint density at radius 2 is 1.12 bits per heavy atom. The van der Waals surface area contributed by atoms with Gasteiger partial charge in [0.05, 0.1) is 38.1 Å². The van der Waals surface area contributed by atoms with Crippen LogP contribution in [0.25, 0.3) is 33.2 Å². The molecular weight excluding hydrogens is 984 g/mol. The molecule has 10 rings (SSSR count). The SMILES string of the molecule is Cc1c(Cc2ccc(-n3ccc(C4CC4)n3)cc2)c(OC(F)F)nc2c(Cl)ccc(OCC(=O)O)c12.Cc1c(Cc2ccc(-n3nccc3C3CC3)cc2)c(OC(F)F)nc2c(Cl)ccc(OCC(=O)O)c12. The Hall–Kier alpha value is -7.44. The van der Waals surface area contributed by atoms with Gasteiger partial charge in [-0.1, -0.05) is 47.5 Å². The molecule has 0 amide bonds. The molecule has 72 heavy (non-hydrogen) atoms. The first-order valence-electron chi connectivity index (χ1n) is 22.7. The third-order valence-corrected chi connectivity index (χ3v) is 12.9. The largest absolute Gasteiger partial charge is 0.481 e. The number of carbonyl (C=O) groups is 2. The fourth-order valence-electron chi connectivity index (χ4n) is 8.52. The van der Waals surface area contributed by atoms with Crippen LogP contribution in [-0.4, -0.2) is 78.1 Å². The number of carboxylic acid groups (broad SMARTS) is 2. The van der Waals surface area contributed by atoms with Gasteiger partial charge in [0, 0.05) is 64.7 Å². The lowest BCUT2D eigenvalue weighted by Gasteiger charge is -2.18. The fourth-order valence-corrected chi connectivity index (χ4v) is 8.92. The minimum atomic E-state index is -3.08. The van der Waals surface area contributed by atoms with E-state index in [-0.39, 0.29) is 57.2 Å². The number of aliphatic carboxylic acids is 2. The molecule has 2 aliphatic carbocycles. The van der Waals surface area contributed by atoms with Gasteiger partial charge in [0.1, 0.15) is 11.5 Å². The summed E-state index contributed by atoms with van der Waals surface area (Å²) in [7, 11) is 0. The Morgan fingerprint density at radius 3 is 1.57 bits per heavy atom. The second-order valence-corrected chi connectivity index (χ2v) is 18.1. The van der Waals surface area contributed by atoms with E-state index in [1.807, 2.05) is 76.2 Å². The second-order valence-electron chi connectivity index (χ2n) is 17.3. The summed E-state index contributed by atoms with van der Waals surface area (Å²) in [6.45, 7) is -3.86. The first-order valence-corrected chi connectivity index (χ1v) is 23.5. The molecule has 0 radical (unpaired) electrons. The van der Waals surface area contributed by atoms with Crippen molar-refractivity contribution in [1.82, 2.24) is 29.5 Å². The van der Waals surface area contributed by atoms with Gasteiger partial charge in [-0.2, -0.15) is 27.8 Å². The van der Waals surface area contributed by atoms with Gasteiger partial charge in [0.15, 0.2) is 13.2 Å². The Labute approximate surface area is 418 Å². The van der Waals surface area contributed by atoms with Crippen LogP contribution in [0.2, 0.25) is 10.0 Å². The fraction of sp³-hybridized carbons (Fsp3) is 0.269. The van der Waals surface area contributed by atoms with Crippen LogP contribution in [0.4, 0.5) is 17.6 Å². The Morgan fingerprint density at radius 1 is 0.653 bits per heavy atom. The summed E-state index contributed by atoms with van der Waals surface area (Å²) >= 11 is 12.6. The molecule has 2 aliphatic rings. The third-order valence-electron chi connectivity index (χ3n) is 12.3. The maximum atomic E-state index is 13.3. The Balaban J connectivity index is 0.000000178. The highest BCUT2D eigenvalue weighted by molar-refractivity contribution is 6.36. The number of aryl methyl sites for hydroxylation is 2. The van der Waals surface area contributed by atoms with Crippen molar-refractivity contribution < 1.29 is 56.3 Å². The minimum absolute atomic E-state index is 0.192. The Bertz CT molecular complexity index is 3310. The van der Waals surface area contributed by atoms with E-state index in [0.717, 1.165) is 41.0 Å². The number of rotatable bonds is 18. The Kier molecular flexibility index (Phi) is 14.5. The van der Waals surface area contributed by atoms with Crippen molar-refractivity contribution in [3.05, 3.63) is 152 Å². The first kappa shape index (κ1) is 49.5. The van der Waals surface area contributed by atoms with Crippen LogP contribution in [0, 0.1) is 13.8 Å². The summed E-state index contributed by atoms with van der Waals surface area (Å²) in [6, 6.07) is 25.4. The second kappa shape index (κ2) is 21.1. The summed E-state index contributed by atoms with van der Waals surface area (Å²) in [5, 5.41) is 28.4. The maximum Gasteiger partial charge on any atom is 0.388 e. The molecule has 0 aliphatic heterocycles. The van der Waals surface area contributed by atoms with Crippen molar-refractivity contribution in [1.29, 1.82) is 0 Å². The average Bonchev–Trinajstić information content (AvgIpc) is 4.28. The summed E-state index contributed by atoms with van der Waals surface area (Å²) in [5.74, 6) is -1.19. The van der Waals surface area contributed by atoms with Gasteiger partial charge in [-0.15, -0.1) is 0 Å². The van der Waals surface area contributed by atoms with Gasteiger partial charge in [-0.25, -0.2) is 28.9 Å². The van der Waals surface area contributed by atoms with E-state index in [1.54, 1.807) is 20.0 Å². The van der Waals surface area contributed by atoms with Crippen LogP contribution < -0.4 is 18.9 Å². The summed E-state index contributed by atoms with van der Waals surface area (Å²) in [6.07, 6.45) is 8.87. The zero-order valence-corrected chi connectivity index (χ0v) is 40.0. The number of nitrogens with zero attached hydrogens (tertiary/aromatic N) is 6. The van der Waals surface area contributed by atoms with Crippen LogP contribution in [0.1, 0.15) is 82.3 Å². The van der Waals surface area contributed by atoms with Crippen LogP contribution in [0.3, 0.4) is 0 Å². The molecule has 0 spiro atoms. The molecule has 372 valence electrons. The predicted molar refractivity (Wildman–Crippen MR) is 259 cm³/mol. The van der Waals surface area contributed by atoms with Crippen LogP contribution in [0.15, 0.2) is 97.3 Å². The molecular formula is C52H44Cl2F4N6O8. The number of benzene rings is 4. The zero-order valence-electron chi connectivity index (χ0n) is 38.5. The predicted octanol–water partition coefficient (Wildman–Crippen LogP) is 11.8. The van der Waals surface area contributed by atoms with E-state index in [2.05, 4.69) is 20.2 Å². The molecule has 0 atom stereocenters. The number of halogens is 6. The molecule has 4 aromatic carbocycles. The highest BCUT2D eigenvalue weighted by Gasteiger charge is 2.29. The first-order chi connectivity index (χ1) is 34.6. The summed E-state index contributed by atoms with van der Waals surface area (Å²) in [4.78, 5) is 30.6. The zero-order chi connectivity index (χ0) is 50.8. The minimum Gasteiger partial charge on any atom is -0.481 e. The van der Waals surface area contributed by atoms with Gasteiger partial charge >= 0.3 is 25.2 Å².